The van der Waals surface area contributed by atoms with Crippen molar-refractivity contribution in [3.63, 3.8) is 0 Å². The van der Waals surface area contributed by atoms with E-state index in [0.29, 0.717) is 6.54 Å². The van der Waals surface area contributed by atoms with Gasteiger partial charge in [-0.3, -0.25) is 4.90 Å². The molecule has 37 heavy (non-hydrogen) atoms. The van der Waals surface area contributed by atoms with Gasteiger partial charge in [-0.2, -0.15) is 0 Å². The molecule has 0 aliphatic carbocycles. The number of hydrogen-bond acceptors (Lipinski definition) is 2. The maximum absolute atomic E-state index is 11.3. The number of likely N-dealkylation sites (tertiary alicyclic amines) is 1. The van der Waals surface area contributed by atoms with Crippen molar-refractivity contribution in [1.29, 1.82) is 0 Å². The standard InChI is InChI=1S/C20H20BrNO.6CO.2Co/c21-19-11-9-18(10-12-19)20(23,17-7-2-1-3-8-17)13-6-16-22-14-4-5-15-22;6*1-2;;/h1-3,7-12,23H,4-5,14-16H2;;;;;;;;. The van der Waals surface area contributed by atoms with E-state index < -0.39 is 5.60 Å². The van der Waals surface area contributed by atoms with Crippen LogP contribution in [0, 0.1) is 51.7 Å². The van der Waals surface area contributed by atoms with Crippen molar-refractivity contribution < 1.29 is 66.6 Å². The number of hydrogen-bond donors (Lipinski definition) is 1. The van der Waals surface area contributed by atoms with Crippen LogP contribution in [0.3, 0.4) is 0 Å². The smallest absolute Gasteiger partial charge is 0 e. The molecule has 2 aromatic rings. The molecule has 1 fully saturated rings. The topological polar surface area (TPSA) is 143 Å². The van der Waals surface area contributed by atoms with Gasteiger partial charge in [-0.15, -0.1) is 0 Å². The first-order chi connectivity index (χ1) is 17.2. The summed E-state index contributed by atoms with van der Waals surface area (Å²) < 4.78 is 46.0. The number of nitrogens with zero attached hydrogens (tertiary/aromatic N) is 1. The van der Waals surface area contributed by atoms with E-state index in [-0.39, 0.29) is 33.6 Å². The van der Waals surface area contributed by atoms with Gasteiger partial charge in [0.15, 0.2) is 5.60 Å². The minimum Gasteiger partial charge on any atom is 0 e. The van der Waals surface area contributed by atoms with Gasteiger partial charge in [-0.25, -0.2) is 0 Å². The number of aliphatic hydroxyl groups is 1. The average Bonchev–Trinajstić information content (AvgIpc) is 3.50. The molecule has 2 radical (unpaired) electrons. The first kappa shape index (κ1) is 48.0. The Morgan fingerprint density at radius 1 is 0.703 bits per heavy atom. The zero-order chi connectivity index (χ0) is 28.1. The minimum atomic E-state index is -1.28. The van der Waals surface area contributed by atoms with E-state index in [1.165, 1.54) is 12.8 Å². The SMILES string of the molecule is OC(C#CCN1CCCC1)(c1ccccc1)c1ccc(Br)cc1.[C-]#[O+].[C-]#[O+].[C-]#[O+].[C-]#[O+].[C-]#[O+].[C-]#[O+].[Co].[Co]. The van der Waals surface area contributed by atoms with Gasteiger partial charge in [0.2, 0.25) is 0 Å². The van der Waals surface area contributed by atoms with Gasteiger partial charge in [0.1, 0.15) is 0 Å². The molecule has 1 unspecified atom stereocenters. The Morgan fingerprint density at radius 3 is 1.49 bits per heavy atom. The van der Waals surface area contributed by atoms with Gasteiger partial charge >= 0.3 is 67.8 Å². The molecular weight excluding hydrogens is 636 g/mol. The Labute approximate surface area is 246 Å². The van der Waals surface area contributed by atoms with Crippen molar-refractivity contribution in [2.45, 2.75) is 18.4 Å². The predicted octanol–water partition coefficient (Wildman–Crippen LogP) is 3.55. The first-order valence-corrected chi connectivity index (χ1v) is 9.96. The van der Waals surface area contributed by atoms with Crippen LogP contribution in [0.25, 0.3) is 0 Å². The Hall–Kier alpha value is -2.15. The van der Waals surface area contributed by atoms with Crippen LogP contribution in [0.4, 0.5) is 0 Å². The summed E-state index contributed by atoms with van der Waals surface area (Å²) in [6.07, 6.45) is 2.49. The Balaban J connectivity index is -0.000000152. The van der Waals surface area contributed by atoms with Crippen LogP contribution in [-0.2, 0) is 67.1 Å². The molecule has 0 aromatic heterocycles. The Morgan fingerprint density at radius 2 is 1.08 bits per heavy atom. The van der Waals surface area contributed by atoms with Crippen LogP contribution in [0.5, 0.6) is 0 Å². The second-order valence-corrected chi connectivity index (χ2v) is 6.78. The zero-order valence-corrected chi connectivity index (χ0v) is 22.8. The fourth-order valence-electron chi connectivity index (χ4n) is 2.90. The molecule has 0 amide bonds. The van der Waals surface area contributed by atoms with Crippen LogP contribution < -0.4 is 0 Å². The molecule has 1 aliphatic heterocycles. The van der Waals surface area contributed by atoms with Crippen molar-refractivity contribution >= 4 is 15.9 Å². The predicted molar refractivity (Wildman–Crippen MR) is 121 cm³/mol. The van der Waals surface area contributed by atoms with E-state index in [1.807, 2.05) is 54.6 Å². The molecule has 1 heterocycles. The van der Waals surface area contributed by atoms with Crippen LogP contribution in [0.1, 0.15) is 24.0 Å². The van der Waals surface area contributed by atoms with Gasteiger partial charge < -0.3 is 5.11 Å². The second kappa shape index (κ2) is 36.0. The number of rotatable bonds is 3. The van der Waals surface area contributed by atoms with Gasteiger partial charge in [-0.05, 0) is 38.1 Å². The molecule has 1 saturated heterocycles. The summed E-state index contributed by atoms with van der Waals surface area (Å²) in [6.45, 7) is 29.9. The summed E-state index contributed by atoms with van der Waals surface area (Å²) in [5, 5.41) is 11.3. The van der Waals surface area contributed by atoms with Crippen LogP contribution in [0.2, 0.25) is 0 Å². The van der Waals surface area contributed by atoms with Crippen molar-refractivity contribution in [3.8, 4) is 11.8 Å². The van der Waals surface area contributed by atoms with Crippen molar-refractivity contribution in [3.05, 3.63) is 110 Å². The quantitative estimate of drug-likeness (QED) is 0.307. The van der Waals surface area contributed by atoms with Gasteiger partial charge in [0.05, 0.1) is 6.54 Å². The summed E-state index contributed by atoms with van der Waals surface area (Å²) in [5.41, 5.74) is 0.318. The summed E-state index contributed by atoms with van der Waals surface area (Å²) >= 11 is 3.44. The van der Waals surface area contributed by atoms with Gasteiger partial charge in [0, 0.05) is 49.2 Å². The zero-order valence-electron chi connectivity index (χ0n) is 19.1. The van der Waals surface area contributed by atoms with Crippen molar-refractivity contribution in [2.24, 2.45) is 0 Å². The largest absolute Gasteiger partial charge is 0 e. The minimum absolute atomic E-state index is 0. The normalized spacial score (nSPS) is 11.1. The number of benzene rings is 2. The van der Waals surface area contributed by atoms with Crippen LogP contribution in [0.15, 0.2) is 59.1 Å². The van der Waals surface area contributed by atoms with E-state index >= 15 is 0 Å². The van der Waals surface area contributed by atoms with Crippen LogP contribution in [-0.4, -0.2) is 29.6 Å². The van der Waals surface area contributed by atoms with Crippen molar-refractivity contribution in [1.82, 2.24) is 4.90 Å². The molecule has 0 spiro atoms. The van der Waals surface area contributed by atoms with E-state index in [0.717, 1.165) is 28.7 Å². The molecule has 196 valence electrons. The molecule has 1 aliphatic rings. The summed E-state index contributed by atoms with van der Waals surface area (Å²) in [5.74, 6) is 6.32. The van der Waals surface area contributed by atoms with E-state index in [2.05, 4.69) is 72.6 Å². The Kier molecular flexibility index (Phi) is 46.7. The molecule has 1 N–H and O–H groups in total. The van der Waals surface area contributed by atoms with Gasteiger partial charge in [-0.1, -0.05) is 70.2 Å². The monoisotopic (exact) mass is 655 g/mol. The second-order valence-electron chi connectivity index (χ2n) is 5.87. The van der Waals surface area contributed by atoms with Crippen LogP contribution >= 0.6 is 15.9 Å². The van der Waals surface area contributed by atoms with Crippen molar-refractivity contribution in [2.75, 3.05) is 19.6 Å². The molecule has 2 aromatic carbocycles. The molecule has 8 nitrogen and oxygen atoms in total. The molecule has 3 rings (SSSR count). The summed E-state index contributed by atoms with van der Waals surface area (Å²) in [4.78, 5) is 2.33. The molecule has 0 bridgehead atoms. The van der Waals surface area contributed by atoms with E-state index in [4.69, 9.17) is 27.9 Å². The molecule has 0 saturated carbocycles. The maximum atomic E-state index is 11.3. The first-order valence-electron chi connectivity index (χ1n) is 9.17. The average molecular weight is 656 g/mol. The molecule has 1 atom stereocenters. The third kappa shape index (κ3) is 19.6. The van der Waals surface area contributed by atoms with Gasteiger partial charge in [0.25, 0.3) is 0 Å². The third-order valence-corrected chi connectivity index (χ3v) is 4.75. The summed E-state index contributed by atoms with van der Waals surface area (Å²) in [6, 6.07) is 17.4. The maximum Gasteiger partial charge on any atom is 0 e. The third-order valence-electron chi connectivity index (χ3n) is 4.22. The fourth-order valence-corrected chi connectivity index (χ4v) is 3.17. The molecular formula is C26H20BrCo2NO7. The van der Waals surface area contributed by atoms with E-state index in [9.17, 15) is 5.11 Å². The number of halogens is 1. The van der Waals surface area contributed by atoms with E-state index in [1.54, 1.807) is 0 Å². The molecule has 11 heteroatoms. The Bertz CT molecular complexity index is 926. The summed E-state index contributed by atoms with van der Waals surface area (Å²) in [7, 11) is 0. The fraction of sp³-hybridized carbons (Fsp3) is 0.231.